The number of thiazole rings is 1. The largest absolute Gasteiger partial charge is 0.340 e. The quantitative estimate of drug-likeness (QED) is 0.278. The van der Waals surface area contributed by atoms with Crippen LogP contribution in [0.25, 0.3) is 10.9 Å². The number of ketones is 1. The summed E-state index contributed by atoms with van der Waals surface area (Å²) in [6.07, 6.45) is 0. The van der Waals surface area contributed by atoms with Gasteiger partial charge in [0.15, 0.2) is 5.13 Å². The minimum atomic E-state index is -0.704. The number of rotatable bonds is 5. The van der Waals surface area contributed by atoms with Gasteiger partial charge in [0.2, 0.25) is 0 Å². The Morgan fingerprint density at radius 3 is 2.52 bits per heavy atom. The van der Waals surface area contributed by atoms with Crippen molar-refractivity contribution < 1.29 is 9.59 Å². The van der Waals surface area contributed by atoms with E-state index in [1.54, 1.807) is 12.1 Å². The second-order valence-corrected chi connectivity index (χ2v) is 9.29. The fourth-order valence-corrected chi connectivity index (χ4v) is 4.81. The Hall–Kier alpha value is -2.67. The van der Waals surface area contributed by atoms with Gasteiger partial charge in [-0.2, -0.15) is 0 Å². The molecule has 0 aliphatic carbocycles. The number of para-hydroxylation sites is 1. The zero-order valence-electron chi connectivity index (χ0n) is 17.1. The second-order valence-electron chi connectivity index (χ2n) is 7.24. The molecule has 0 aliphatic heterocycles. The Kier molecular flexibility index (Phi) is 5.88. The highest BCUT2D eigenvalue weighted by atomic mass is 35.5. The molecular weight excluding hydrogens is 453 g/mol. The SMILES string of the molecule is Cc1nc(NC(=O)C(=O)c2c(C)n(Cc3ccc(Cl)cc3Cl)c3ccccc23)sc1C. The first-order chi connectivity index (χ1) is 14.8. The van der Waals surface area contributed by atoms with E-state index in [0.717, 1.165) is 27.0 Å². The molecule has 4 aromatic rings. The first-order valence-corrected chi connectivity index (χ1v) is 11.1. The van der Waals surface area contributed by atoms with E-state index >= 15 is 0 Å². The summed E-state index contributed by atoms with van der Waals surface area (Å²) < 4.78 is 1.99. The van der Waals surface area contributed by atoms with Crippen LogP contribution in [-0.4, -0.2) is 21.2 Å². The molecule has 0 unspecified atom stereocenters. The number of nitrogens with one attached hydrogen (secondary N) is 1. The summed E-state index contributed by atoms with van der Waals surface area (Å²) in [5.74, 6) is -1.30. The topological polar surface area (TPSA) is 64.0 Å². The van der Waals surface area contributed by atoms with Gasteiger partial charge in [0.25, 0.3) is 11.7 Å². The van der Waals surface area contributed by atoms with E-state index in [1.165, 1.54) is 11.3 Å². The molecule has 0 aliphatic rings. The van der Waals surface area contributed by atoms with Crippen LogP contribution in [0.2, 0.25) is 10.0 Å². The molecule has 2 aromatic carbocycles. The minimum Gasteiger partial charge on any atom is -0.340 e. The number of carbonyl (C=O) groups is 2. The van der Waals surface area contributed by atoms with E-state index in [1.807, 2.05) is 55.7 Å². The number of amides is 1. The first kappa shape index (κ1) is 21.6. The summed E-state index contributed by atoms with van der Waals surface area (Å²) in [5.41, 5.74) is 3.62. The summed E-state index contributed by atoms with van der Waals surface area (Å²) in [7, 11) is 0. The van der Waals surface area contributed by atoms with Crippen LogP contribution in [0.1, 0.15) is 32.2 Å². The number of hydrogen-bond donors (Lipinski definition) is 1. The minimum absolute atomic E-state index is 0.378. The van der Waals surface area contributed by atoms with E-state index < -0.39 is 11.7 Å². The Morgan fingerprint density at radius 1 is 1.10 bits per heavy atom. The van der Waals surface area contributed by atoms with E-state index in [0.29, 0.717) is 33.0 Å². The fourth-order valence-electron chi connectivity index (χ4n) is 3.54. The highest BCUT2D eigenvalue weighted by Crippen LogP contribution is 2.30. The molecule has 0 radical (unpaired) electrons. The molecular formula is C23H19Cl2N3O2S. The Balaban J connectivity index is 1.73. The zero-order valence-corrected chi connectivity index (χ0v) is 19.5. The average molecular weight is 472 g/mol. The normalized spacial score (nSPS) is 11.1. The van der Waals surface area contributed by atoms with Crippen LogP contribution < -0.4 is 5.32 Å². The van der Waals surface area contributed by atoms with E-state index in [2.05, 4.69) is 10.3 Å². The van der Waals surface area contributed by atoms with E-state index in [9.17, 15) is 9.59 Å². The third kappa shape index (κ3) is 4.11. The number of anilines is 1. The van der Waals surface area contributed by atoms with Crippen LogP contribution >= 0.6 is 34.5 Å². The molecule has 0 bridgehead atoms. The van der Waals surface area contributed by atoms with E-state index in [-0.39, 0.29) is 0 Å². The molecule has 1 N–H and O–H groups in total. The van der Waals surface area contributed by atoms with Gasteiger partial charge in [-0.1, -0.05) is 47.5 Å². The summed E-state index contributed by atoms with van der Waals surface area (Å²) >= 11 is 13.7. The Labute approximate surface area is 193 Å². The molecule has 2 heterocycles. The summed E-state index contributed by atoms with van der Waals surface area (Å²) in [5, 5.41) is 4.88. The van der Waals surface area contributed by atoms with E-state index in [4.69, 9.17) is 23.2 Å². The molecule has 0 saturated carbocycles. The van der Waals surface area contributed by atoms with Crippen molar-refractivity contribution in [3.8, 4) is 0 Å². The average Bonchev–Trinajstić information content (AvgIpc) is 3.19. The van der Waals surface area contributed by atoms with Crippen LogP contribution in [0, 0.1) is 20.8 Å². The number of aromatic nitrogens is 2. The summed E-state index contributed by atoms with van der Waals surface area (Å²) in [6.45, 7) is 6.07. The lowest BCUT2D eigenvalue weighted by Gasteiger charge is -2.11. The fraction of sp³-hybridized carbons (Fsp3) is 0.174. The van der Waals surface area contributed by atoms with Crippen molar-refractivity contribution in [2.75, 3.05) is 5.32 Å². The van der Waals surface area contributed by atoms with Gasteiger partial charge in [-0.15, -0.1) is 11.3 Å². The first-order valence-electron chi connectivity index (χ1n) is 9.57. The van der Waals surface area contributed by atoms with Crippen LogP contribution in [0.15, 0.2) is 42.5 Å². The molecule has 8 heteroatoms. The third-order valence-electron chi connectivity index (χ3n) is 5.26. The van der Waals surface area contributed by atoms with Gasteiger partial charge < -0.3 is 4.57 Å². The summed E-state index contributed by atoms with van der Waals surface area (Å²) in [6, 6.07) is 12.9. The molecule has 4 rings (SSSR count). The van der Waals surface area contributed by atoms with Crippen LogP contribution in [-0.2, 0) is 11.3 Å². The number of aryl methyl sites for hydroxylation is 2. The maximum atomic E-state index is 13.2. The van der Waals surface area contributed by atoms with Gasteiger partial charge in [-0.05, 0) is 44.5 Å². The third-order valence-corrected chi connectivity index (χ3v) is 6.83. The lowest BCUT2D eigenvalue weighted by Crippen LogP contribution is -2.23. The molecule has 31 heavy (non-hydrogen) atoms. The van der Waals surface area contributed by atoms with Crippen molar-refractivity contribution >= 4 is 62.3 Å². The standard InChI is InChI=1S/C23H19Cl2N3O2S/c1-12-14(3)31-23(26-12)27-22(30)21(29)20-13(2)28(19-7-5-4-6-17(19)20)11-15-8-9-16(24)10-18(15)25/h4-10H,11H2,1-3H3,(H,26,27,30). The van der Waals surface area contributed by atoms with Crippen LogP contribution in [0.3, 0.4) is 0 Å². The van der Waals surface area contributed by atoms with Crippen molar-refractivity contribution in [2.24, 2.45) is 0 Å². The lowest BCUT2D eigenvalue weighted by atomic mass is 10.1. The van der Waals surface area contributed by atoms with Gasteiger partial charge >= 0.3 is 0 Å². The highest BCUT2D eigenvalue weighted by Gasteiger charge is 2.26. The van der Waals surface area contributed by atoms with Crippen LogP contribution in [0.5, 0.6) is 0 Å². The molecule has 2 aromatic heterocycles. The van der Waals surface area contributed by atoms with Gasteiger partial charge in [0.1, 0.15) is 0 Å². The monoisotopic (exact) mass is 471 g/mol. The molecule has 1 amide bonds. The molecule has 5 nitrogen and oxygen atoms in total. The zero-order chi connectivity index (χ0) is 22.3. The van der Waals surface area contributed by atoms with Gasteiger partial charge in [-0.3, -0.25) is 14.9 Å². The Morgan fingerprint density at radius 2 is 1.84 bits per heavy atom. The predicted octanol–water partition coefficient (Wildman–Crippen LogP) is 6.20. The van der Waals surface area contributed by atoms with Crippen molar-refractivity contribution in [1.29, 1.82) is 0 Å². The molecule has 0 atom stereocenters. The van der Waals surface area contributed by atoms with Crippen molar-refractivity contribution in [2.45, 2.75) is 27.3 Å². The number of Topliss-reactive ketones (excluding diaryl/α,β-unsaturated/α-hetero) is 1. The second kappa shape index (κ2) is 8.46. The van der Waals surface area contributed by atoms with Gasteiger partial charge in [0.05, 0.1) is 11.3 Å². The summed E-state index contributed by atoms with van der Waals surface area (Å²) in [4.78, 5) is 31.2. The number of benzene rings is 2. The number of fused-ring (bicyclic) bond motifs is 1. The molecule has 0 fully saturated rings. The molecule has 158 valence electrons. The van der Waals surface area contributed by atoms with Crippen molar-refractivity contribution in [3.63, 3.8) is 0 Å². The number of nitrogens with zero attached hydrogens (tertiary/aromatic N) is 2. The maximum Gasteiger partial charge on any atom is 0.298 e. The van der Waals surface area contributed by atoms with Crippen molar-refractivity contribution in [3.05, 3.63) is 79.9 Å². The van der Waals surface area contributed by atoms with Gasteiger partial charge in [-0.25, -0.2) is 4.98 Å². The number of halogens is 2. The lowest BCUT2D eigenvalue weighted by molar-refractivity contribution is -0.112. The van der Waals surface area contributed by atoms with Crippen molar-refractivity contribution in [1.82, 2.24) is 9.55 Å². The highest BCUT2D eigenvalue weighted by molar-refractivity contribution is 7.15. The number of carbonyl (C=O) groups excluding carboxylic acids is 2. The number of hydrogen-bond acceptors (Lipinski definition) is 4. The predicted molar refractivity (Wildman–Crippen MR) is 127 cm³/mol. The van der Waals surface area contributed by atoms with Gasteiger partial charge in [0, 0.05) is 38.1 Å². The molecule has 0 spiro atoms. The Bertz CT molecular complexity index is 1320. The smallest absolute Gasteiger partial charge is 0.298 e. The molecule has 0 saturated heterocycles. The maximum absolute atomic E-state index is 13.2. The van der Waals surface area contributed by atoms with Crippen LogP contribution in [0.4, 0.5) is 5.13 Å².